The van der Waals surface area contributed by atoms with Gasteiger partial charge in [-0.15, -0.1) is 0 Å². The summed E-state index contributed by atoms with van der Waals surface area (Å²) in [5, 5.41) is 3.50. The average Bonchev–Trinajstić information content (AvgIpc) is 2.81. The fraction of sp³-hybridized carbons (Fsp3) is 0.296. The lowest BCUT2D eigenvalue weighted by molar-refractivity contribution is -0.120. The van der Waals surface area contributed by atoms with Gasteiger partial charge in [-0.25, -0.2) is 8.42 Å². The molecule has 0 aliphatic carbocycles. The minimum Gasteiger partial charge on any atom is -0.497 e. The van der Waals surface area contributed by atoms with E-state index in [4.69, 9.17) is 32.7 Å². The standard InChI is InChI=1S/C27H28Cl2N2O5S/c1-17-5-8-22(9-6-17)37(33,34)31(20-12-18(28)11-19(29)13-20)16-26(32)30-24-15-27(2,3)36-25-10-7-21(35-4)14-23(24)25/h5-14,24H,15-16H2,1-4H3,(H,30,32). The highest BCUT2D eigenvalue weighted by Gasteiger charge is 2.36. The molecule has 1 unspecified atom stereocenters. The predicted molar refractivity (Wildman–Crippen MR) is 145 cm³/mol. The van der Waals surface area contributed by atoms with Crippen molar-refractivity contribution in [1.82, 2.24) is 5.32 Å². The minimum absolute atomic E-state index is 0.0456. The molecule has 37 heavy (non-hydrogen) atoms. The molecule has 3 aromatic carbocycles. The lowest BCUT2D eigenvalue weighted by atomic mass is 9.89. The van der Waals surface area contributed by atoms with Crippen LogP contribution >= 0.6 is 23.2 Å². The van der Waals surface area contributed by atoms with Crippen molar-refractivity contribution in [3.63, 3.8) is 0 Å². The Balaban J connectivity index is 1.68. The first-order valence-electron chi connectivity index (χ1n) is 11.6. The van der Waals surface area contributed by atoms with Crippen molar-refractivity contribution >= 4 is 44.8 Å². The molecule has 4 rings (SSSR count). The summed E-state index contributed by atoms with van der Waals surface area (Å²) in [5.41, 5.74) is 1.30. The zero-order valence-electron chi connectivity index (χ0n) is 20.9. The lowest BCUT2D eigenvalue weighted by Gasteiger charge is -2.38. The van der Waals surface area contributed by atoms with E-state index >= 15 is 0 Å². The maximum Gasteiger partial charge on any atom is 0.264 e. The second kappa shape index (κ2) is 10.4. The number of hydrogen-bond acceptors (Lipinski definition) is 5. The number of sulfonamides is 1. The topological polar surface area (TPSA) is 84.9 Å². The molecular weight excluding hydrogens is 535 g/mol. The number of amides is 1. The number of carbonyl (C=O) groups excluding carboxylic acids is 1. The fourth-order valence-corrected chi connectivity index (χ4v) is 6.21. The first kappa shape index (κ1) is 27.1. The van der Waals surface area contributed by atoms with E-state index in [9.17, 15) is 13.2 Å². The van der Waals surface area contributed by atoms with E-state index in [1.807, 2.05) is 26.8 Å². The van der Waals surface area contributed by atoms with Gasteiger partial charge in [0.1, 0.15) is 23.6 Å². The molecule has 1 amide bonds. The smallest absolute Gasteiger partial charge is 0.264 e. The Morgan fingerprint density at radius 1 is 1.08 bits per heavy atom. The van der Waals surface area contributed by atoms with Crippen LogP contribution < -0.4 is 19.1 Å². The van der Waals surface area contributed by atoms with Crippen LogP contribution in [-0.4, -0.2) is 33.6 Å². The number of halogens is 2. The SMILES string of the molecule is COc1ccc2c(c1)C(NC(=O)CN(c1cc(Cl)cc(Cl)c1)S(=O)(=O)c1ccc(C)cc1)CC(C)(C)O2. The van der Waals surface area contributed by atoms with E-state index in [2.05, 4.69) is 5.32 Å². The molecule has 0 bridgehead atoms. The summed E-state index contributed by atoms with van der Waals surface area (Å²) in [7, 11) is -2.56. The number of benzene rings is 3. The Morgan fingerprint density at radius 2 is 1.73 bits per heavy atom. The number of methoxy groups -OCH3 is 1. The number of aryl methyl sites for hydroxylation is 1. The van der Waals surface area contributed by atoms with Crippen LogP contribution in [0.2, 0.25) is 10.0 Å². The van der Waals surface area contributed by atoms with Gasteiger partial charge in [0.25, 0.3) is 10.0 Å². The fourth-order valence-electron chi connectivity index (χ4n) is 4.29. The monoisotopic (exact) mass is 562 g/mol. The summed E-state index contributed by atoms with van der Waals surface area (Å²) < 4.78 is 39.9. The number of rotatable bonds is 7. The normalized spacial score (nSPS) is 16.3. The summed E-state index contributed by atoms with van der Waals surface area (Å²) in [6.07, 6.45) is 0.479. The Morgan fingerprint density at radius 3 is 2.35 bits per heavy atom. The molecule has 3 aromatic rings. The summed E-state index contributed by atoms with van der Waals surface area (Å²) in [4.78, 5) is 13.5. The first-order valence-corrected chi connectivity index (χ1v) is 13.8. The van der Waals surface area contributed by atoms with E-state index in [1.165, 1.54) is 30.3 Å². The van der Waals surface area contributed by atoms with Gasteiger partial charge in [-0.05, 0) is 69.3 Å². The molecule has 1 aliphatic rings. The molecule has 1 aliphatic heterocycles. The third-order valence-electron chi connectivity index (χ3n) is 6.04. The van der Waals surface area contributed by atoms with E-state index in [0.29, 0.717) is 17.9 Å². The van der Waals surface area contributed by atoms with E-state index < -0.39 is 34.1 Å². The second-order valence-corrected chi connectivity index (χ2v) is 12.3. The van der Waals surface area contributed by atoms with Gasteiger partial charge in [-0.3, -0.25) is 9.10 Å². The van der Waals surface area contributed by atoms with E-state index in [-0.39, 0.29) is 20.6 Å². The zero-order chi connectivity index (χ0) is 27.0. The van der Waals surface area contributed by atoms with Crippen molar-refractivity contribution in [2.24, 2.45) is 0 Å². The van der Waals surface area contributed by atoms with Gasteiger partial charge in [0.2, 0.25) is 5.91 Å². The molecule has 10 heteroatoms. The molecular formula is C27H28Cl2N2O5S. The van der Waals surface area contributed by atoms with Crippen molar-refractivity contribution in [3.05, 3.63) is 81.8 Å². The molecule has 196 valence electrons. The van der Waals surface area contributed by atoms with Gasteiger partial charge in [-0.1, -0.05) is 40.9 Å². The maximum absolute atomic E-state index is 13.7. The van der Waals surface area contributed by atoms with Crippen molar-refractivity contribution in [2.45, 2.75) is 43.7 Å². The molecule has 0 fully saturated rings. The van der Waals surface area contributed by atoms with Crippen LogP contribution in [0, 0.1) is 6.92 Å². The lowest BCUT2D eigenvalue weighted by Crippen LogP contribution is -2.45. The largest absolute Gasteiger partial charge is 0.497 e. The molecule has 7 nitrogen and oxygen atoms in total. The third kappa shape index (κ3) is 6.14. The summed E-state index contributed by atoms with van der Waals surface area (Å²) in [6.45, 7) is 5.24. The Hall–Kier alpha value is -2.94. The van der Waals surface area contributed by atoms with E-state index in [0.717, 1.165) is 15.4 Å². The Bertz CT molecular complexity index is 1400. The molecule has 0 saturated carbocycles. The highest BCUT2D eigenvalue weighted by molar-refractivity contribution is 7.92. The van der Waals surface area contributed by atoms with Crippen molar-refractivity contribution < 1.29 is 22.7 Å². The van der Waals surface area contributed by atoms with Crippen molar-refractivity contribution in [2.75, 3.05) is 18.0 Å². The van der Waals surface area contributed by atoms with Gasteiger partial charge in [0, 0.05) is 22.0 Å². The van der Waals surface area contributed by atoms with Gasteiger partial charge in [0.15, 0.2) is 0 Å². The van der Waals surface area contributed by atoms with Gasteiger partial charge < -0.3 is 14.8 Å². The quantitative estimate of drug-likeness (QED) is 0.386. The van der Waals surface area contributed by atoms with Crippen molar-refractivity contribution in [3.8, 4) is 11.5 Å². The summed E-state index contributed by atoms with van der Waals surface area (Å²) in [6, 6.07) is 15.8. The third-order valence-corrected chi connectivity index (χ3v) is 8.27. The number of ether oxygens (including phenoxy) is 2. The number of anilines is 1. The minimum atomic E-state index is -4.12. The van der Waals surface area contributed by atoms with Crippen molar-refractivity contribution in [1.29, 1.82) is 0 Å². The van der Waals surface area contributed by atoms with Crippen LogP contribution in [0.4, 0.5) is 5.69 Å². The van der Waals surface area contributed by atoms with Crippen LogP contribution in [0.1, 0.15) is 37.4 Å². The number of nitrogens with one attached hydrogen (secondary N) is 1. The molecule has 1 heterocycles. The first-order chi connectivity index (χ1) is 17.4. The molecule has 1 atom stereocenters. The highest BCUT2D eigenvalue weighted by Crippen LogP contribution is 2.41. The molecule has 0 aromatic heterocycles. The molecule has 0 radical (unpaired) electrons. The second-order valence-electron chi connectivity index (χ2n) is 9.54. The number of hydrogen-bond donors (Lipinski definition) is 1. The summed E-state index contributed by atoms with van der Waals surface area (Å²) in [5.74, 6) is 0.759. The molecule has 0 saturated heterocycles. The van der Waals surface area contributed by atoms with Crippen LogP contribution in [0.15, 0.2) is 65.6 Å². The molecule has 0 spiro atoms. The number of nitrogens with zero attached hydrogens (tertiary/aromatic N) is 1. The Kier molecular flexibility index (Phi) is 7.65. The summed E-state index contributed by atoms with van der Waals surface area (Å²) >= 11 is 12.4. The Labute approximate surface area is 227 Å². The average molecular weight is 564 g/mol. The zero-order valence-corrected chi connectivity index (χ0v) is 23.2. The van der Waals surface area contributed by atoms with Crippen LogP contribution in [0.5, 0.6) is 11.5 Å². The highest BCUT2D eigenvalue weighted by atomic mass is 35.5. The predicted octanol–water partition coefficient (Wildman–Crippen LogP) is 5.92. The van der Waals surface area contributed by atoms with E-state index in [1.54, 1.807) is 31.4 Å². The van der Waals surface area contributed by atoms with Gasteiger partial charge >= 0.3 is 0 Å². The van der Waals surface area contributed by atoms with Crippen LogP contribution in [-0.2, 0) is 14.8 Å². The van der Waals surface area contributed by atoms with Gasteiger partial charge in [0.05, 0.1) is 23.7 Å². The number of carbonyl (C=O) groups is 1. The van der Waals surface area contributed by atoms with Gasteiger partial charge in [-0.2, -0.15) is 0 Å². The number of fused-ring (bicyclic) bond motifs is 1. The van der Waals surface area contributed by atoms with Crippen LogP contribution in [0.25, 0.3) is 0 Å². The maximum atomic E-state index is 13.7. The molecule has 1 N–H and O–H groups in total. The van der Waals surface area contributed by atoms with Crippen LogP contribution in [0.3, 0.4) is 0 Å².